The number of H-pyrrole nitrogens is 1. The molecule has 1 aromatic heterocycles. The molecule has 0 saturated heterocycles. The Morgan fingerprint density at radius 2 is 1.93 bits per heavy atom. The maximum atomic E-state index is 13.6. The molecule has 6 rings (SSSR count). The molecule has 5 nitrogen and oxygen atoms in total. The quantitative estimate of drug-likeness (QED) is 0.520. The van der Waals surface area contributed by atoms with E-state index in [0.29, 0.717) is 23.2 Å². The lowest BCUT2D eigenvalue weighted by Crippen LogP contribution is -2.57. The van der Waals surface area contributed by atoms with Crippen molar-refractivity contribution in [3.8, 4) is 0 Å². The van der Waals surface area contributed by atoms with Gasteiger partial charge < -0.3 is 15.0 Å². The summed E-state index contributed by atoms with van der Waals surface area (Å²) in [7, 11) is 1.36. The minimum atomic E-state index is -0.466. The summed E-state index contributed by atoms with van der Waals surface area (Å²) in [5.74, 6) is 0.831. The lowest BCUT2D eigenvalue weighted by molar-refractivity contribution is -0.138. The molecule has 1 heterocycles. The highest BCUT2D eigenvalue weighted by Gasteiger charge is 2.59. The topological polar surface area (TPSA) is 71.2 Å². The summed E-state index contributed by atoms with van der Waals surface area (Å²) in [6.45, 7) is 2.00. The number of carbonyl (C=O) groups excluding carboxylic acids is 2. The highest BCUT2D eigenvalue weighted by Crippen LogP contribution is 2.64. The van der Waals surface area contributed by atoms with Gasteiger partial charge in [-0.3, -0.25) is 4.79 Å². The van der Waals surface area contributed by atoms with Gasteiger partial charge in [0.15, 0.2) is 0 Å². The summed E-state index contributed by atoms with van der Waals surface area (Å²) in [4.78, 5) is 29.1. The Morgan fingerprint density at radius 3 is 2.57 bits per heavy atom. The number of ether oxygens (including phenoxy) is 1. The monoisotopic (exact) mass is 444 g/mol. The maximum absolute atomic E-state index is 13.6. The lowest BCUT2D eigenvalue weighted by atomic mass is 9.49. The highest BCUT2D eigenvalue weighted by molar-refractivity contribution is 9.10. The van der Waals surface area contributed by atoms with Crippen LogP contribution < -0.4 is 5.32 Å². The van der Waals surface area contributed by atoms with E-state index >= 15 is 0 Å². The number of anilines is 1. The number of alkyl halides is 1. The highest BCUT2D eigenvalue weighted by atomic mass is 79.9. The molecule has 1 aromatic carbocycles. The van der Waals surface area contributed by atoms with E-state index in [2.05, 4.69) is 26.2 Å². The van der Waals surface area contributed by atoms with Gasteiger partial charge >= 0.3 is 5.97 Å². The summed E-state index contributed by atoms with van der Waals surface area (Å²) >= 11 is 3.98. The summed E-state index contributed by atoms with van der Waals surface area (Å²) in [6.07, 6.45) is 6.40. The van der Waals surface area contributed by atoms with Crippen molar-refractivity contribution in [1.29, 1.82) is 0 Å². The van der Waals surface area contributed by atoms with Crippen LogP contribution in [0.4, 0.5) is 5.69 Å². The normalized spacial score (nSPS) is 33.2. The lowest BCUT2D eigenvalue weighted by Gasteiger charge is -2.59. The van der Waals surface area contributed by atoms with E-state index in [0.717, 1.165) is 35.7 Å². The van der Waals surface area contributed by atoms with Gasteiger partial charge in [-0.05, 0) is 69.4 Å². The SMILES string of the molecule is COC(=O)c1[nH]c2ccc(C)cc2c1NC(=O)C12C[C@@H]3C[C@H](CC(Br)(C3)C1)C2. The zero-order valence-corrected chi connectivity index (χ0v) is 17.8. The first-order chi connectivity index (χ1) is 13.3. The summed E-state index contributed by atoms with van der Waals surface area (Å²) in [6, 6.07) is 5.92. The van der Waals surface area contributed by atoms with Crippen molar-refractivity contribution in [2.24, 2.45) is 17.3 Å². The number of rotatable bonds is 3. The molecule has 28 heavy (non-hydrogen) atoms. The zero-order valence-electron chi connectivity index (χ0n) is 16.2. The van der Waals surface area contributed by atoms with Gasteiger partial charge in [0.05, 0.1) is 18.2 Å². The number of halogens is 1. The molecule has 4 fully saturated rings. The molecule has 0 spiro atoms. The van der Waals surface area contributed by atoms with Crippen LogP contribution in [0.25, 0.3) is 10.9 Å². The molecule has 148 valence electrons. The third-order valence-electron chi connectivity index (χ3n) is 7.05. The van der Waals surface area contributed by atoms with E-state index in [-0.39, 0.29) is 15.6 Å². The van der Waals surface area contributed by atoms with Crippen molar-refractivity contribution in [3.05, 3.63) is 29.5 Å². The maximum Gasteiger partial charge on any atom is 0.356 e. The second kappa shape index (κ2) is 6.09. The Labute approximate surface area is 172 Å². The largest absolute Gasteiger partial charge is 0.464 e. The summed E-state index contributed by atoms with van der Waals surface area (Å²) in [5.41, 5.74) is 2.43. The van der Waals surface area contributed by atoms with Gasteiger partial charge in [0.2, 0.25) is 5.91 Å². The predicted octanol–water partition coefficient (Wildman–Crippen LogP) is 4.94. The fourth-order valence-electron chi connectivity index (χ4n) is 6.35. The molecular weight excluding hydrogens is 420 g/mol. The third kappa shape index (κ3) is 2.71. The number of esters is 1. The fourth-order valence-corrected chi connectivity index (χ4v) is 7.81. The van der Waals surface area contributed by atoms with Crippen LogP contribution in [0.5, 0.6) is 0 Å². The zero-order chi connectivity index (χ0) is 19.7. The minimum absolute atomic E-state index is 0.0537. The van der Waals surface area contributed by atoms with Gasteiger partial charge in [-0.2, -0.15) is 0 Å². The standard InChI is InChI=1S/C22H25BrN2O3/c1-12-3-4-16-15(5-12)17(18(24-16)19(26)28-2)25-20(27)21-7-13-6-14(8-21)10-22(23,9-13)11-21/h3-5,13-14,24H,6-11H2,1-2H3,(H,25,27)/t13-,14-,21?,22?/m0/s1. The first-order valence-electron chi connectivity index (χ1n) is 10.0. The molecule has 4 aliphatic carbocycles. The number of hydrogen-bond donors (Lipinski definition) is 2. The molecule has 0 aliphatic heterocycles. The van der Waals surface area contributed by atoms with Gasteiger partial charge in [-0.25, -0.2) is 4.79 Å². The number of nitrogens with one attached hydrogen (secondary N) is 2. The minimum Gasteiger partial charge on any atom is -0.464 e. The van der Waals surface area contributed by atoms with Gasteiger partial charge in [0.1, 0.15) is 5.69 Å². The van der Waals surface area contributed by atoms with Gasteiger partial charge in [-0.15, -0.1) is 0 Å². The second-order valence-electron chi connectivity index (χ2n) is 9.26. The van der Waals surface area contributed by atoms with Crippen LogP contribution in [0.15, 0.2) is 18.2 Å². The Morgan fingerprint density at radius 1 is 1.21 bits per heavy atom. The molecule has 6 heteroatoms. The van der Waals surface area contributed by atoms with Crippen LogP contribution in [0.2, 0.25) is 0 Å². The number of methoxy groups -OCH3 is 1. The van der Waals surface area contributed by atoms with E-state index in [1.165, 1.54) is 26.4 Å². The molecule has 2 atom stereocenters. The first kappa shape index (κ1) is 18.2. The smallest absolute Gasteiger partial charge is 0.356 e. The molecular formula is C22H25BrN2O3. The molecule has 0 radical (unpaired) electrons. The molecule has 4 bridgehead atoms. The van der Waals surface area contributed by atoms with Crippen LogP contribution in [-0.2, 0) is 9.53 Å². The number of fused-ring (bicyclic) bond motifs is 1. The summed E-state index contributed by atoms with van der Waals surface area (Å²) in [5, 5.41) is 4.01. The van der Waals surface area contributed by atoms with Crippen LogP contribution in [-0.4, -0.2) is 28.3 Å². The number of carbonyl (C=O) groups is 2. The fraction of sp³-hybridized carbons (Fsp3) is 0.545. The average molecular weight is 445 g/mol. The van der Waals surface area contributed by atoms with E-state index in [9.17, 15) is 9.59 Å². The van der Waals surface area contributed by atoms with Crippen LogP contribution in [0.3, 0.4) is 0 Å². The Hall–Kier alpha value is -1.82. The van der Waals surface area contributed by atoms with Crippen molar-refractivity contribution in [2.45, 2.75) is 49.8 Å². The number of amides is 1. The van der Waals surface area contributed by atoms with Gasteiger partial charge in [0, 0.05) is 15.2 Å². The number of hydrogen-bond acceptors (Lipinski definition) is 3. The van der Waals surface area contributed by atoms with E-state index < -0.39 is 5.97 Å². The molecule has 2 N–H and O–H groups in total. The van der Waals surface area contributed by atoms with Crippen molar-refractivity contribution in [1.82, 2.24) is 4.98 Å². The molecule has 0 unspecified atom stereocenters. The van der Waals surface area contributed by atoms with Crippen LogP contribution >= 0.6 is 15.9 Å². The molecule has 1 amide bonds. The molecule has 2 aromatic rings. The van der Waals surface area contributed by atoms with Crippen molar-refractivity contribution in [2.75, 3.05) is 12.4 Å². The van der Waals surface area contributed by atoms with E-state index in [1.54, 1.807) is 0 Å². The predicted molar refractivity (Wildman–Crippen MR) is 112 cm³/mol. The Bertz CT molecular complexity index is 981. The van der Waals surface area contributed by atoms with Crippen molar-refractivity contribution >= 4 is 44.4 Å². The first-order valence-corrected chi connectivity index (χ1v) is 10.8. The summed E-state index contributed by atoms with van der Waals surface area (Å²) < 4.78 is 5.06. The molecule has 4 aliphatic rings. The van der Waals surface area contributed by atoms with Crippen molar-refractivity contribution < 1.29 is 14.3 Å². The van der Waals surface area contributed by atoms with Gasteiger partial charge in [0.25, 0.3) is 0 Å². The number of aromatic amines is 1. The van der Waals surface area contributed by atoms with Crippen molar-refractivity contribution in [3.63, 3.8) is 0 Å². The van der Waals surface area contributed by atoms with E-state index in [1.807, 2.05) is 25.1 Å². The Kier molecular flexibility index (Phi) is 3.96. The van der Waals surface area contributed by atoms with Gasteiger partial charge in [-0.1, -0.05) is 27.6 Å². The number of aromatic nitrogens is 1. The Balaban J connectivity index is 1.54. The number of aryl methyl sites for hydroxylation is 1. The third-order valence-corrected chi connectivity index (χ3v) is 7.98. The second-order valence-corrected chi connectivity index (χ2v) is 10.9. The van der Waals surface area contributed by atoms with Crippen LogP contribution in [0, 0.1) is 24.2 Å². The van der Waals surface area contributed by atoms with Crippen LogP contribution in [0.1, 0.15) is 54.6 Å². The van der Waals surface area contributed by atoms with E-state index in [4.69, 9.17) is 4.74 Å². The average Bonchev–Trinajstić information content (AvgIpc) is 2.97. The molecule has 4 saturated carbocycles. The number of benzene rings is 1.